The van der Waals surface area contributed by atoms with Gasteiger partial charge in [0.15, 0.2) is 0 Å². The van der Waals surface area contributed by atoms with E-state index in [0.717, 1.165) is 18.8 Å². The van der Waals surface area contributed by atoms with Crippen LogP contribution >= 0.6 is 0 Å². The molecule has 5 nitrogen and oxygen atoms in total. The average Bonchev–Trinajstić information content (AvgIpc) is 2.49. The molecule has 0 aliphatic carbocycles. The first-order valence-corrected chi connectivity index (χ1v) is 7.02. The number of rotatable bonds is 3. The van der Waals surface area contributed by atoms with E-state index in [1.807, 2.05) is 0 Å². The standard InChI is InChI=1S/C15H19N5/c16-14-8-9-17-15(19-14)18-12-4-6-13(7-5-12)20-10-2-1-3-11-20/h4-9H,1-3,10-11H2,(H3,16,17,18,19). The van der Waals surface area contributed by atoms with Gasteiger partial charge in [-0.25, -0.2) is 4.98 Å². The van der Waals surface area contributed by atoms with Crippen molar-refractivity contribution < 1.29 is 0 Å². The summed E-state index contributed by atoms with van der Waals surface area (Å²) in [5.41, 5.74) is 7.89. The molecule has 1 aromatic carbocycles. The minimum absolute atomic E-state index is 0.465. The molecule has 2 heterocycles. The third kappa shape index (κ3) is 2.99. The van der Waals surface area contributed by atoms with E-state index in [1.54, 1.807) is 12.3 Å². The maximum absolute atomic E-state index is 5.64. The largest absolute Gasteiger partial charge is 0.384 e. The number of aromatic nitrogens is 2. The summed E-state index contributed by atoms with van der Waals surface area (Å²) in [6.07, 6.45) is 5.57. The van der Waals surface area contributed by atoms with E-state index in [2.05, 4.69) is 44.5 Å². The van der Waals surface area contributed by atoms with Gasteiger partial charge in [0.25, 0.3) is 0 Å². The van der Waals surface area contributed by atoms with Gasteiger partial charge >= 0.3 is 0 Å². The fraction of sp³-hybridized carbons (Fsp3) is 0.333. The molecule has 0 bridgehead atoms. The molecule has 1 aliphatic heterocycles. The molecule has 0 atom stereocenters. The minimum atomic E-state index is 0.465. The fourth-order valence-corrected chi connectivity index (χ4v) is 2.47. The van der Waals surface area contributed by atoms with Crippen LogP contribution in [-0.4, -0.2) is 23.1 Å². The summed E-state index contributed by atoms with van der Waals surface area (Å²) in [4.78, 5) is 10.7. The van der Waals surface area contributed by atoms with E-state index in [1.165, 1.54) is 24.9 Å². The lowest BCUT2D eigenvalue weighted by molar-refractivity contribution is 0.578. The number of nitrogens with one attached hydrogen (secondary N) is 1. The van der Waals surface area contributed by atoms with Crippen LogP contribution in [0, 0.1) is 0 Å². The number of nitrogens with two attached hydrogens (primary N) is 1. The zero-order valence-electron chi connectivity index (χ0n) is 11.4. The third-order valence-electron chi connectivity index (χ3n) is 3.52. The molecule has 0 radical (unpaired) electrons. The number of nitrogen functional groups attached to an aromatic ring is 1. The first kappa shape index (κ1) is 12.7. The monoisotopic (exact) mass is 269 g/mol. The van der Waals surface area contributed by atoms with Crippen molar-refractivity contribution in [1.82, 2.24) is 9.97 Å². The van der Waals surface area contributed by atoms with Gasteiger partial charge in [-0.1, -0.05) is 0 Å². The molecule has 0 amide bonds. The van der Waals surface area contributed by atoms with E-state index < -0.39 is 0 Å². The minimum Gasteiger partial charge on any atom is -0.384 e. The van der Waals surface area contributed by atoms with Crippen molar-refractivity contribution >= 4 is 23.1 Å². The second-order valence-electron chi connectivity index (χ2n) is 5.02. The Kier molecular flexibility index (Phi) is 3.67. The highest BCUT2D eigenvalue weighted by molar-refractivity contribution is 5.59. The first-order valence-electron chi connectivity index (χ1n) is 7.02. The maximum Gasteiger partial charge on any atom is 0.229 e. The Hall–Kier alpha value is -2.30. The van der Waals surface area contributed by atoms with Crippen molar-refractivity contribution in [3.8, 4) is 0 Å². The summed E-state index contributed by atoms with van der Waals surface area (Å²) in [7, 11) is 0. The average molecular weight is 269 g/mol. The van der Waals surface area contributed by atoms with Crippen molar-refractivity contribution in [1.29, 1.82) is 0 Å². The van der Waals surface area contributed by atoms with Crippen LogP contribution in [0.4, 0.5) is 23.1 Å². The quantitative estimate of drug-likeness (QED) is 0.896. The molecule has 1 aromatic heterocycles. The summed E-state index contributed by atoms with van der Waals surface area (Å²) >= 11 is 0. The van der Waals surface area contributed by atoms with Crippen LogP contribution in [0.2, 0.25) is 0 Å². The van der Waals surface area contributed by atoms with Gasteiger partial charge in [0, 0.05) is 30.7 Å². The molecule has 20 heavy (non-hydrogen) atoms. The summed E-state index contributed by atoms with van der Waals surface area (Å²) in [6, 6.07) is 10.1. The van der Waals surface area contributed by atoms with Crippen LogP contribution in [0.3, 0.4) is 0 Å². The van der Waals surface area contributed by atoms with Gasteiger partial charge in [-0.3, -0.25) is 0 Å². The Labute approximate surface area is 118 Å². The normalized spacial score (nSPS) is 15.1. The van der Waals surface area contributed by atoms with Crippen molar-refractivity contribution in [2.75, 3.05) is 29.0 Å². The van der Waals surface area contributed by atoms with Crippen LogP contribution in [-0.2, 0) is 0 Å². The van der Waals surface area contributed by atoms with Gasteiger partial charge in [0.1, 0.15) is 5.82 Å². The molecule has 2 aromatic rings. The highest BCUT2D eigenvalue weighted by atomic mass is 15.1. The Balaban J connectivity index is 1.69. The second-order valence-corrected chi connectivity index (χ2v) is 5.02. The molecule has 1 saturated heterocycles. The summed E-state index contributed by atoms with van der Waals surface area (Å²) in [6.45, 7) is 2.32. The Morgan fingerprint density at radius 1 is 1.00 bits per heavy atom. The molecule has 1 aliphatic rings. The van der Waals surface area contributed by atoms with Gasteiger partial charge in [0.2, 0.25) is 5.95 Å². The van der Waals surface area contributed by atoms with E-state index in [9.17, 15) is 0 Å². The van der Waals surface area contributed by atoms with E-state index >= 15 is 0 Å². The zero-order valence-corrected chi connectivity index (χ0v) is 11.4. The van der Waals surface area contributed by atoms with Crippen LogP contribution in [0.1, 0.15) is 19.3 Å². The molecule has 1 fully saturated rings. The number of hydrogen-bond donors (Lipinski definition) is 2. The molecule has 3 N–H and O–H groups in total. The predicted molar refractivity (Wildman–Crippen MR) is 82.2 cm³/mol. The molecule has 0 unspecified atom stereocenters. The maximum atomic E-state index is 5.64. The van der Waals surface area contributed by atoms with Crippen LogP contribution in [0.25, 0.3) is 0 Å². The molecule has 104 valence electrons. The number of anilines is 4. The molecule has 0 saturated carbocycles. The van der Waals surface area contributed by atoms with E-state index in [0.29, 0.717) is 11.8 Å². The first-order chi connectivity index (χ1) is 9.81. The highest BCUT2D eigenvalue weighted by Crippen LogP contribution is 2.22. The van der Waals surface area contributed by atoms with Gasteiger partial charge in [-0.15, -0.1) is 0 Å². The predicted octanol–water partition coefficient (Wildman–Crippen LogP) is 2.79. The second kappa shape index (κ2) is 5.77. The third-order valence-corrected chi connectivity index (χ3v) is 3.52. The highest BCUT2D eigenvalue weighted by Gasteiger charge is 2.10. The SMILES string of the molecule is Nc1ccnc(Nc2ccc(N3CCCCC3)cc2)n1. The number of piperidine rings is 1. The number of nitrogens with zero attached hydrogens (tertiary/aromatic N) is 3. The van der Waals surface area contributed by atoms with Crippen molar-refractivity contribution in [3.05, 3.63) is 36.5 Å². The number of benzene rings is 1. The Morgan fingerprint density at radius 2 is 1.75 bits per heavy atom. The van der Waals surface area contributed by atoms with Crippen LogP contribution in [0.15, 0.2) is 36.5 Å². The van der Waals surface area contributed by atoms with Gasteiger partial charge in [-0.05, 0) is 49.6 Å². The van der Waals surface area contributed by atoms with E-state index in [4.69, 9.17) is 5.73 Å². The lowest BCUT2D eigenvalue weighted by atomic mass is 10.1. The Bertz CT molecular complexity index is 561. The van der Waals surface area contributed by atoms with Crippen LogP contribution < -0.4 is 16.0 Å². The molecule has 0 spiro atoms. The lowest BCUT2D eigenvalue weighted by Crippen LogP contribution is -2.29. The Morgan fingerprint density at radius 3 is 2.45 bits per heavy atom. The van der Waals surface area contributed by atoms with Gasteiger partial charge < -0.3 is 16.0 Å². The van der Waals surface area contributed by atoms with Gasteiger partial charge in [-0.2, -0.15) is 4.98 Å². The summed E-state index contributed by atoms with van der Waals surface area (Å²) < 4.78 is 0. The molecule has 3 rings (SSSR count). The van der Waals surface area contributed by atoms with Gasteiger partial charge in [0.05, 0.1) is 0 Å². The zero-order chi connectivity index (χ0) is 13.8. The molecular formula is C15H19N5. The van der Waals surface area contributed by atoms with Crippen molar-refractivity contribution in [3.63, 3.8) is 0 Å². The molecule has 5 heteroatoms. The fourth-order valence-electron chi connectivity index (χ4n) is 2.47. The van der Waals surface area contributed by atoms with Crippen LogP contribution in [0.5, 0.6) is 0 Å². The summed E-state index contributed by atoms with van der Waals surface area (Å²) in [5, 5.41) is 3.15. The van der Waals surface area contributed by atoms with E-state index in [-0.39, 0.29) is 0 Å². The smallest absolute Gasteiger partial charge is 0.229 e. The number of hydrogen-bond acceptors (Lipinski definition) is 5. The van der Waals surface area contributed by atoms with Crippen molar-refractivity contribution in [2.45, 2.75) is 19.3 Å². The molecular weight excluding hydrogens is 250 g/mol. The van der Waals surface area contributed by atoms with Crippen molar-refractivity contribution in [2.24, 2.45) is 0 Å². The topological polar surface area (TPSA) is 67.1 Å². The summed E-state index contributed by atoms with van der Waals surface area (Å²) in [5.74, 6) is 0.989. The lowest BCUT2D eigenvalue weighted by Gasteiger charge is -2.28.